The van der Waals surface area contributed by atoms with Gasteiger partial charge in [0.25, 0.3) is 0 Å². The van der Waals surface area contributed by atoms with E-state index in [-0.39, 0.29) is 24.0 Å². The Kier molecular flexibility index (Phi) is 10.2. The van der Waals surface area contributed by atoms with E-state index in [0.717, 1.165) is 5.56 Å². The van der Waals surface area contributed by atoms with E-state index in [1.807, 2.05) is 0 Å². The van der Waals surface area contributed by atoms with Gasteiger partial charge in [-0.05, 0) is 37.0 Å². The van der Waals surface area contributed by atoms with Crippen molar-refractivity contribution in [3.05, 3.63) is 29.8 Å². The fourth-order valence-corrected chi connectivity index (χ4v) is 2.70. The lowest BCUT2D eigenvalue weighted by molar-refractivity contribution is -0.139. The Hall–Kier alpha value is -3.43. The van der Waals surface area contributed by atoms with Gasteiger partial charge in [0, 0.05) is 6.42 Å². The minimum Gasteiger partial charge on any atom is -0.508 e. The van der Waals surface area contributed by atoms with Crippen LogP contribution in [0.3, 0.4) is 0 Å². The summed E-state index contributed by atoms with van der Waals surface area (Å²) in [6, 6.07) is 3.32. The number of rotatable bonds is 12. The average Bonchev–Trinajstić information content (AvgIpc) is 2.70. The van der Waals surface area contributed by atoms with Crippen LogP contribution in [0.2, 0.25) is 0 Å². The van der Waals surface area contributed by atoms with Crippen molar-refractivity contribution in [2.24, 2.45) is 5.92 Å². The van der Waals surface area contributed by atoms with Crippen molar-refractivity contribution in [2.75, 3.05) is 0 Å². The fraction of sp³-hybridized carbons (Fsp3) is 0.476. The van der Waals surface area contributed by atoms with E-state index < -0.39 is 42.3 Å². The molecule has 5 N–H and O–H groups in total. The SMILES string of the molecule is CC(C)[C@H](NC(=O)CCc1ccc(O)cc1)C(=O)N[C@@H](C)C(=O)NC(C=O)CC(=O)O. The summed E-state index contributed by atoms with van der Waals surface area (Å²) < 4.78 is 0. The van der Waals surface area contributed by atoms with Crippen LogP contribution in [0.4, 0.5) is 0 Å². The van der Waals surface area contributed by atoms with E-state index in [1.54, 1.807) is 26.0 Å². The Labute approximate surface area is 180 Å². The van der Waals surface area contributed by atoms with Gasteiger partial charge >= 0.3 is 5.97 Å². The molecule has 3 amide bonds. The predicted molar refractivity (Wildman–Crippen MR) is 111 cm³/mol. The molecule has 0 saturated heterocycles. The Morgan fingerprint density at radius 3 is 2.10 bits per heavy atom. The van der Waals surface area contributed by atoms with E-state index in [2.05, 4.69) is 16.0 Å². The van der Waals surface area contributed by atoms with Gasteiger partial charge in [0.05, 0.1) is 12.5 Å². The van der Waals surface area contributed by atoms with Gasteiger partial charge in [-0.25, -0.2) is 0 Å². The first-order valence-corrected chi connectivity index (χ1v) is 9.88. The summed E-state index contributed by atoms with van der Waals surface area (Å²) in [6.45, 7) is 4.87. The molecule has 0 heterocycles. The number of amides is 3. The molecule has 170 valence electrons. The van der Waals surface area contributed by atoms with Gasteiger partial charge in [-0.3, -0.25) is 19.2 Å². The topological polar surface area (TPSA) is 162 Å². The van der Waals surface area contributed by atoms with Crippen LogP contribution in [0, 0.1) is 5.92 Å². The number of carbonyl (C=O) groups excluding carboxylic acids is 4. The molecule has 0 bridgehead atoms. The quantitative estimate of drug-likeness (QED) is 0.291. The normalized spacial score (nSPS) is 13.5. The fourth-order valence-electron chi connectivity index (χ4n) is 2.70. The summed E-state index contributed by atoms with van der Waals surface area (Å²) in [5.41, 5.74) is 0.856. The van der Waals surface area contributed by atoms with Gasteiger partial charge in [0.2, 0.25) is 17.7 Å². The van der Waals surface area contributed by atoms with Gasteiger partial charge in [-0.1, -0.05) is 26.0 Å². The number of aldehydes is 1. The Morgan fingerprint density at radius 1 is 0.968 bits per heavy atom. The van der Waals surface area contributed by atoms with Crippen molar-refractivity contribution in [3.8, 4) is 5.75 Å². The third kappa shape index (κ3) is 9.28. The first-order valence-electron chi connectivity index (χ1n) is 9.88. The number of carboxylic acid groups (broad SMARTS) is 1. The van der Waals surface area contributed by atoms with Crippen molar-refractivity contribution >= 4 is 30.0 Å². The van der Waals surface area contributed by atoms with E-state index in [9.17, 15) is 29.1 Å². The molecule has 0 aromatic heterocycles. The number of aromatic hydroxyl groups is 1. The molecule has 0 fully saturated rings. The van der Waals surface area contributed by atoms with Crippen LogP contribution in [0.5, 0.6) is 5.75 Å². The molecule has 1 rings (SSSR count). The number of aliphatic carboxylic acids is 1. The molecule has 0 aliphatic heterocycles. The van der Waals surface area contributed by atoms with Gasteiger partial charge in [-0.2, -0.15) is 0 Å². The number of phenols is 1. The maximum Gasteiger partial charge on any atom is 0.305 e. The number of hydrogen-bond donors (Lipinski definition) is 5. The van der Waals surface area contributed by atoms with Crippen LogP contribution >= 0.6 is 0 Å². The first-order chi connectivity index (χ1) is 14.5. The van der Waals surface area contributed by atoms with Crippen molar-refractivity contribution in [2.45, 2.75) is 58.2 Å². The van der Waals surface area contributed by atoms with Crippen LogP contribution in [0.25, 0.3) is 0 Å². The lowest BCUT2D eigenvalue weighted by Crippen LogP contribution is -2.55. The van der Waals surface area contributed by atoms with E-state index >= 15 is 0 Å². The minimum atomic E-state index is -1.25. The molecule has 0 spiro atoms. The second-order valence-corrected chi connectivity index (χ2v) is 7.53. The molecule has 0 saturated carbocycles. The number of hydrogen-bond acceptors (Lipinski definition) is 6. The maximum absolute atomic E-state index is 12.6. The predicted octanol–water partition coefficient (Wildman–Crippen LogP) is 0.129. The van der Waals surface area contributed by atoms with Gasteiger partial charge in [0.15, 0.2) is 0 Å². The lowest BCUT2D eigenvalue weighted by atomic mass is 10.0. The highest BCUT2D eigenvalue weighted by atomic mass is 16.4. The molecule has 1 aromatic rings. The smallest absolute Gasteiger partial charge is 0.305 e. The largest absolute Gasteiger partial charge is 0.508 e. The average molecular weight is 435 g/mol. The maximum atomic E-state index is 12.6. The monoisotopic (exact) mass is 435 g/mol. The second kappa shape index (κ2) is 12.3. The molecule has 10 nitrogen and oxygen atoms in total. The van der Waals surface area contributed by atoms with Crippen molar-refractivity contribution < 1.29 is 34.2 Å². The number of carbonyl (C=O) groups is 5. The second-order valence-electron chi connectivity index (χ2n) is 7.53. The molecule has 1 unspecified atom stereocenters. The number of carboxylic acids is 1. The lowest BCUT2D eigenvalue weighted by Gasteiger charge is -2.24. The molecule has 31 heavy (non-hydrogen) atoms. The molecule has 10 heteroatoms. The molecule has 1 aromatic carbocycles. The summed E-state index contributed by atoms with van der Waals surface area (Å²) in [5, 5.41) is 25.4. The minimum absolute atomic E-state index is 0.130. The van der Waals surface area contributed by atoms with Crippen LogP contribution in [0.1, 0.15) is 39.2 Å². The highest BCUT2D eigenvalue weighted by Crippen LogP contribution is 2.11. The van der Waals surface area contributed by atoms with Crippen LogP contribution in [-0.2, 0) is 30.4 Å². The molecule has 0 aliphatic rings. The molecular formula is C21H29N3O7. The van der Waals surface area contributed by atoms with Crippen molar-refractivity contribution in [3.63, 3.8) is 0 Å². The first kappa shape index (κ1) is 25.6. The number of phenolic OH excluding ortho intramolecular Hbond substituents is 1. The van der Waals surface area contributed by atoms with Gasteiger partial charge in [0.1, 0.15) is 24.1 Å². The number of aryl methyl sites for hydroxylation is 1. The molecule has 0 radical (unpaired) electrons. The zero-order chi connectivity index (χ0) is 23.6. The van der Waals surface area contributed by atoms with Crippen LogP contribution in [0.15, 0.2) is 24.3 Å². The third-order valence-corrected chi connectivity index (χ3v) is 4.48. The zero-order valence-corrected chi connectivity index (χ0v) is 17.8. The van der Waals surface area contributed by atoms with E-state index in [1.165, 1.54) is 19.1 Å². The van der Waals surface area contributed by atoms with E-state index in [4.69, 9.17) is 5.11 Å². The Bertz CT molecular complexity index is 793. The Morgan fingerprint density at radius 2 is 1.58 bits per heavy atom. The standard InChI is InChI=1S/C21H29N3O7/c1-12(2)19(24-17(27)9-6-14-4-7-16(26)8-5-14)21(31)22-13(3)20(30)23-15(11-25)10-18(28)29/h4-5,7-8,11-13,15,19,26H,6,9-10H2,1-3H3,(H,22,31)(H,23,30)(H,24,27)(H,28,29)/t13-,15?,19-/m0/s1. The summed E-state index contributed by atoms with van der Waals surface area (Å²) >= 11 is 0. The molecular weight excluding hydrogens is 406 g/mol. The summed E-state index contributed by atoms with van der Waals surface area (Å²) in [6.07, 6.45) is 0.301. The molecule has 0 aliphatic carbocycles. The van der Waals surface area contributed by atoms with Crippen LogP contribution in [-0.4, -0.2) is 58.3 Å². The highest BCUT2D eigenvalue weighted by Gasteiger charge is 2.27. The Balaban J connectivity index is 2.61. The van der Waals surface area contributed by atoms with E-state index in [0.29, 0.717) is 12.7 Å². The van der Waals surface area contributed by atoms with Crippen LogP contribution < -0.4 is 16.0 Å². The third-order valence-electron chi connectivity index (χ3n) is 4.48. The number of benzene rings is 1. The summed E-state index contributed by atoms with van der Waals surface area (Å²) in [7, 11) is 0. The van der Waals surface area contributed by atoms with Gasteiger partial charge in [-0.15, -0.1) is 0 Å². The summed E-state index contributed by atoms with van der Waals surface area (Å²) in [4.78, 5) is 58.6. The van der Waals surface area contributed by atoms with Gasteiger partial charge < -0.3 is 31.0 Å². The highest BCUT2D eigenvalue weighted by molar-refractivity contribution is 5.93. The van der Waals surface area contributed by atoms with Crippen molar-refractivity contribution in [1.29, 1.82) is 0 Å². The molecule has 3 atom stereocenters. The van der Waals surface area contributed by atoms with Crippen molar-refractivity contribution in [1.82, 2.24) is 16.0 Å². The number of nitrogens with one attached hydrogen (secondary N) is 3. The zero-order valence-electron chi connectivity index (χ0n) is 17.8. The summed E-state index contributed by atoms with van der Waals surface area (Å²) in [5.74, 6) is -3.01.